The highest BCUT2D eigenvalue weighted by molar-refractivity contribution is 5.85. The molecule has 1 aromatic rings. The van der Waals surface area contributed by atoms with E-state index in [4.69, 9.17) is 10.3 Å². The van der Waals surface area contributed by atoms with Crippen molar-refractivity contribution in [3.8, 4) is 0 Å². The van der Waals surface area contributed by atoms with Crippen LogP contribution in [0.15, 0.2) is 4.52 Å². The van der Waals surface area contributed by atoms with Gasteiger partial charge in [0.05, 0.1) is 6.04 Å². The molecule has 2 N–H and O–H groups in total. The summed E-state index contributed by atoms with van der Waals surface area (Å²) in [5.74, 6) is 2.14. The quantitative estimate of drug-likeness (QED) is 0.838. The van der Waals surface area contributed by atoms with Gasteiger partial charge < -0.3 is 15.2 Å². The molecule has 144 valence electrons. The van der Waals surface area contributed by atoms with E-state index in [2.05, 4.69) is 22.0 Å². The molecule has 3 rings (SSSR count). The van der Waals surface area contributed by atoms with Crippen LogP contribution in [0.2, 0.25) is 0 Å². The lowest BCUT2D eigenvalue weighted by Gasteiger charge is -2.38. The van der Waals surface area contributed by atoms with Gasteiger partial charge in [0.25, 0.3) is 0 Å². The molecule has 1 saturated heterocycles. The number of halogens is 2. The van der Waals surface area contributed by atoms with E-state index in [-0.39, 0.29) is 36.8 Å². The van der Waals surface area contributed by atoms with Gasteiger partial charge in [-0.3, -0.25) is 9.69 Å². The number of carbonyl (C=O) groups excluding carboxylic acids is 1. The first-order valence-electron chi connectivity index (χ1n) is 8.63. The van der Waals surface area contributed by atoms with Gasteiger partial charge in [-0.25, -0.2) is 0 Å². The van der Waals surface area contributed by atoms with Crippen molar-refractivity contribution >= 4 is 30.7 Å². The van der Waals surface area contributed by atoms with E-state index in [0.29, 0.717) is 30.1 Å². The molecule has 3 atom stereocenters. The number of hydrogen-bond donors (Lipinski definition) is 1. The van der Waals surface area contributed by atoms with E-state index in [1.165, 1.54) is 0 Å². The fourth-order valence-electron chi connectivity index (χ4n) is 3.85. The van der Waals surface area contributed by atoms with Crippen molar-refractivity contribution in [2.24, 2.45) is 17.6 Å². The maximum Gasteiger partial charge on any atom is 0.243 e. The maximum atomic E-state index is 12.7. The Balaban J connectivity index is 0.00000156. The lowest BCUT2D eigenvalue weighted by Crippen LogP contribution is -2.51. The summed E-state index contributed by atoms with van der Waals surface area (Å²) in [7, 11) is 0. The smallest absolute Gasteiger partial charge is 0.243 e. The highest BCUT2D eigenvalue weighted by Gasteiger charge is 2.36. The number of rotatable bonds is 4. The van der Waals surface area contributed by atoms with Crippen LogP contribution in [0.5, 0.6) is 0 Å². The first kappa shape index (κ1) is 22.2. The van der Waals surface area contributed by atoms with Gasteiger partial charge in [-0.05, 0) is 39.2 Å². The molecular weight excluding hydrogens is 365 g/mol. The molecule has 0 spiro atoms. The summed E-state index contributed by atoms with van der Waals surface area (Å²) in [6.07, 6.45) is 3.23. The summed E-state index contributed by atoms with van der Waals surface area (Å²) in [5.41, 5.74) is 5.82. The van der Waals surface area contributed by atoms with Crippen LogP contribution in [0.25, 0.3) is 0 Å². The Bertz CT molecular complexity index is 548. The molecular formula is C16H29Cl2N5O2. The van der Waals surface area contributed by atoms with Crippen LogP contribution >= 0.6 is 24.8 Å². The molecule has 1 aromatic heterocycles. The molecule has 9 heteroatoms. The van der Waals surface area contributed by atoms with Gasteiger partial charge in [0.1, 0.15) is 0 Å². The van der Waals surface area contributed by atoms with Crippen molar-refractivity contribution in [1.29, 1.82) is 0 Å². The third-order valence-electron chi connectivity index (χ3n) is 5.35. The third-order valence-corrected chi connectivity index (χ3v) is 5.35. The lowest BCUT2D eigenvalue weighted by molar-refractivity contribution is -0.138. The summed E-state index contributed by atoms with van der Waals surface area (Å²) in [6, 6.07) is 0.0942. The Labute approximate surface area is 161 Å². The normalized spacial score (nSPS) is 25.2. The summed E-state index contributed by atoms with van der Waals surface area (Å²) >= 11 is 0. The molecule has 1 unspecified atom stereocenters. The van der Waals surface area contributed by atoms with Crippen molar-refractivity contribution in [2.45, 2.75) is 39.2 Å². The average molecular weight is 394 g/mol. The van der Waals surface area contributed by atoms with Gasteiger partial charge in [-0.2, -0.15) is 4.98 Å². The minimum Gasteiger partial charge on any atom is -0.340 e. The number of nitrogens with two attached hydrogens (primary N) is 1. The second-order valence-corrected chi connectivity index (χ2v) is 6.75. The summed E-state index contributed by atoms with van der Waals surface area (Å²) < 4.78 is 5.27. The minimum atomic E-state index is 0. The number of nitrogens with zero attached hydrogens (tertiary/aromatic N) is 4. The van der Waals surface area contributed by atoms with Crippen LogP contribution in [0.3, 0.4) is 0 Å². The Hall–Kier alpha value is -0.890. The van der Waals surface area contributed by atoms with Gasteiger partial charge in [-0.1, -0.05) is 11.6 Å². The highest BCUT2D eigenvalue weighted by Crippen LogP contribution is 2.33. The van der Waals surface area contributed by atoms with E-state index in [0.717, 1.165) is 45.4 Å². The molecule has 1 aliphatic heterocycles. The van der Waals surface area contributed by atoms with Crippen molar-refractivity contribution in [3.05, 3.63) is 11.7 Å². The van der Waals surface area contributed by atoms with Gasteiger partial charge in [-0.15, -0.1) is 24.8 Å². The van der Waals surface area contributed by atoms with Gasteiger partial charge in [0.15, 0.2) is 5.82 Å². The van der Waals surface area contributed by atoms with Gasteiger partial charge >= 0.3 is 0 Å². The molecule has 0 radical (unpaired) electrons. The lowest BCUT2D eigenvalue weighted by atomic mass is 9.94. The SMILES string of the molecule is Cc1noc(C(C)N2CCN(C(=O)[C@@H]3CCC[C@@H]3CN)CC2)n1.Cl.Cl. The topological polar surface area (TPSA) is 88.5 Å². The van der Waals surface area contributed by atoms with Gasteiger partial charge in [0.2, 0.25) is 11.8 Å². The van der Waals surface area contributed by atoms with E-state index in [1.807, 2.05) is 11.8 Å². The van der Waals surface area contributed by atoms with Gasteiger partial charge in [0, 0.05) is 32.1 Å². The van der Waals surface area contributed by atoms with E-state index >= 15 is 0 Å². The Morgan fingerprint density at radius 2 is 1.96 bits per heavy atom. The molecule has 2 aliphatic rings. The Morgan fingerprint density at radius 3 is 2.52 bits per heavy atom. The van der Waals surface area contributed by atoms with Crippen molar-refractivity contribution < 1.29 is 9.32 Å². The second kappa shape index (κ2) is 9.71. The number of aryl methyl sites for hydroxylation is 1. The predicted molar refractivity (Wildman–Crippen MR) is 100.0 cm³/mol. The van der Waals surface area contributed by atoms with Crippen molar-refractivity contribution in [2.75, 3.05) is 32.7 Å². The molecule has 1 amide bonds. The number of aromatic nitrogens is 2. The van der Waals surface area contributed by atoms with Crippen LogP contribution in [0, 0.1) is 18.8 Å². The fraction of sp³-hybridized carbons (Fsp3) is 0.812. The van der Waals surface area contributed by atoms with Crippen molar-refractivity contribution in [3.63, 3.8) is 0 Å². The monoisotopic (exact) mass is 393 g/mol. The second-order valence-electron chi connectivity index (χ2n) is 6.75. The largest absolute Gasteiger partial charge is 0.340 e. The van der Waals surface area contributed by atoms with E-state index in [1.54, 1.807) is 0 Å². The van der Waals surface area contributed by atoms with Crippen molar-refractivity contribution in [1.82, 2.24) is 19.9 Å². The molecule has 2 fully saturated rings. The molecule has 25 heavy (non-hydrogen) atoms. The summed E-state index contributed by atoms with van der Waals surface area (Å²) in [6.45, 7) is 7.75. The van der Waals surface area contributed by atoms with Crippen LogP contribution in [-0.2, 0) is 4.79 Å². The zero-order valence-electron chi connectivity index (χ0n) is 14.9. The van der Waals surface area contributed by atoms with E-state index < -0.39 is 0 Å². The Morgan fingerprint density at radius 1 is 1.28 bits per heavy atom. The minimum absolute atomic E-state index is 0. The third kappa shape index (κ3) is 4.84. The van der Waals surface area contributed by atoms with Crippen LogP contribution in [-0.4, -0.2) is 58.6 Å². The first-order valence-corrected chi connectivity index (χ1v) is 8.63. The fourth-order valence-corrected chi connectivity index (χ4v) is 3.85. The molecule has 2 heterocycles. The van der Waals surface area contributed by atoms with Crippen LogP contribution in [0.4, 0.5) is 0 Å². The van der Waals surface area contributed by atoms with Crippen LogP contribution in [0.1, 0.15) is 43.9 Å². The molecule has 0 aromatic carbocycles. The zero-order valence-corrected chi connectivity index (χ0v) is 16.5. The molecule has 1 saturated carbocycles. The van der Waals surface area contributed by atoms with E-state index in [9.17, 15) is 4.79 Å². The predicted octanol–water partition coefficient (Wildman–Crippen LogP) is 1.80. The number of amides is 1. The highest BCUT2D eigenvalue weighted by atomic mass is 35.5. The summed E-state index contributed by atoms with van der Waals surface area (Å²) in [4.78, 5) is 21.4. The average Bonchev–Trinajstić information content (AvgIpc) is 3.22. The molecule has 0 bridgehead atoms. The number of carbonyl (C=O) groups is 1. The number of piperazine rings is 1. The molecule has 1 aliphatic carbocycles. The first-order chi connectivity index (χ1) is 11.1. The molecule has 7 nitrogen and oxygen atoms in total. The zero-order chi connectivity index (χ0) is 16.4. The summed E-state index contributed by atoms with van der Waals surface area (Å²) in [5, 5.41) is 3.86. The van der Waals surface area contributed by atoms with Crippen LogP contribution < -0.4 is 5.73 Å². The Kier molecular flexibility index (Phi) is 8.60. The number of hydrogen-bond acceptors (Lipinski definition) is 6. The maximum absolute atomic E-state index is 12.7. The standard InChI is InChI=1S/C16H27N5O2.2ClH/c1-11(15-18-12(2)19-23-15)20-6-8-21(9-7-20)16(22)14-5-3-4-13(14)10-17;;/h11,13-14H,3-10,17H2,1-2H3;2*1H/t11?,13-,14-;;/m1../s1.